The van der Waals surface area contributed by atoms with Crippen molar-refractivity contribution in [1.29, 1.82) is 0 Å². The van der Waals surface area contributed by atoms with Gasteiger partial charge in [0.2, 0.25) is 0 Å². The molecule has 4 aromatic carbocycles. The Hall–Kier alpha value is -5.04. The molecule has 1 atom stereocenters. The summed E-state index contributed by atoms with van der Waals surface area (Å²) in [6.45, 7) is 8.20. The Morgan fingerprint density at radius 1 is 0.762 bits per heavy atom. The minimum absolute atomic E-state index is 0.288. The van der Waals surface area contributed by atoms with E-state index in [0.29, 0.717) is 35.5 Å². The number of ether oxygens (including phenoxy) is 2. The van der Waals surface area contributed by atoms with Gasteiger partial charge >= 0.3 is 5.97 Å². The van der Waals surface area contributed by atoms with Crippen molar-refractivity contribution in [2.45, 2.75) is 40.2 Å². The fourth-order valence-corrected chi connectivity index (χ4v) is 4.59. The highest BCUT2D eigenvalue weighted by atomic mass is 16.5. The van der Waals surface area contributed by atoms with Crippen molar-refractivity contribution in [3.8, 4) is 28.3 Å². The zero-order valence-corrected chi connectivity index (χ0v) is 24.2. The number of carbonyl (C=O) groups is 2. The van der Waals surface area contributed by atoms with Crippen LogP contribution in [0.15, 0.2) is 91.0 Å². The van der Waals surface area contributed by atoms with E-state index in [4.69, 9.17) is 19.4 Å². The molecule has 0 saturated carbocycles. The van der Waals surface area contributed by atoms with Gasteiger partial charge in [-0.2, -0.15) is 0 Å². The highest BCUT2D eigenvalue weighted by Gasteiger charge is 2.24. The number of fused-ring (bicyclic) bond motifs is 1. The van der Waals surface area contributed by atoms with Crippen LogP contribution in [0.1, 0.15) is 41.8 Å². The average Bonchev–Trinajstić information content (AvgIpc) is 3.00. The van der Waals surface area contributed by atoms with Crippen LogP contribution in [0, 0.1) is 13.8 Å². The molecule has 0 saturated heterocycles. The molecule has 7 heteroatoms. The minimum atomic E-state index is -0.985. The van der Waals surface area contributed by atoms with E-state index >= 15 is 0 Å². The van der Waals surface area contributed by atoms with Crippen LogP contribution in [0.3, 0.4) is 0 Å². The second-order valence-electron chi connectivity index (χ2n) is 10.1. The third kappa shape index (κ3) is 6.31. The number of para-hydroxylation sites is 2. The van der Waals surface area contributed by atoms with Gasteiger partial charge in [0.1, 0.15) is 5.75 Å². The van der Waals surface area contributed by atoms with Crippen LogP contribution in [0.2, 0.25) is 0 Å². The molecule has 1 aromatic heterocycles. The third-order valence-corrected chi connectivity index (χ3v) is 6.91. The standard InChI is InChI=1S/C35H33N3O4/c1-5-30(34(39)38-28-9-7-8-10-31(28)41-6-2)42-35(40)26-19-20-27-29(21-26)37-33(25-17-13-23(4)14-18-25)32(36-27)24-15-11-22(3)12-16-24/h7-21,30H,5-6H2,1-4H3,(H,38,39). The SMILES string of the molecule is CCOc1ccccc1NC(=O)C(CC)OC(=O)c1ccc2nc(-c3ccc(C)cc3)c(-c3ccc(C)cc3)nc2c1. The number of amides is 1. The maximum atomic E-state index is 13.2. The quantitative estimate of drug-likeness (QED) is 0.188. The Labute approximate surface area is 245 Å². The monoisotopic (exact) mass is 559 g/mol. The molecule has 5 aromatic rings. The van der Waals surface area contributed by atoms with Gasteiger partial charge in [-0.3, -0.25) is 4.79 Å². The van der Waals surface area contributed by atoms with Crippen molar-refractivity contribution in [3.05, 3.63) is 108 Å². The Kier molecular flexibility index (Phi) is 8.58. The van der Waals surface area contributed by atoms with E-state index in [1.54, 1.807) is 43.3 Å². The number of hydrogen-bond donors (Lipinski definition) is 1. The lowest BCUT2D eigenvalue weighted by atomic mass is 10.0. The van der Waals surface area contributed by atoms with E-state index in [2.05, 4.69) is 17.4 Å². The van der Waals surface area contributed by atoms with Crippen molar-refractivity contribution in [1.82, 2.24) is 9.97 Å². The van der Waals surface area contributed by atoms with Crippen molar-refractivity contribution in [2.24, 2.45) is 0 Å². The molecule has 1 amide bonds. The van der Waals surface area contributed by atoms with Crippen LogP contribution in [-0.2, 0) is 9.53 Å². The van der Waals surface area contributed by atoms with E-state index in [0.717, 1.165) is 33.6 Å². The summed E-state index contributed by atoms with van der Waals surface area (Å²) >= 11 is 0. The summed E-state index contributed by atoms with van der Waals surface area (Å²) in [5.41, 5.74) is 7.67. The second kappa shape index (κ2) is 12.6. The smallest absolute Gasteiger partial charge is 0.338 e. The predicted molar refractivity (Wildman–Crippen MR) is 166 cm³/mol. The van der Waals surface area contributed by atoms with E-state index in [9.17, 15) is 9.59 Å². The number of aromatic nitrogens is 2. The average molecular weight is 560 g/mol. The Morgan fingerprint density at radius 3 is 1.95 bits per heavy atom. The molecule has 1 N–H and O–H groups in total. The zero-order chi connectivity index (χ0) is 29.6. The molecule has 0 spiro atoms. The summed E-state index contributed by atoms with van der Waals surface area (Å²) in [5.74, 6) is -0.488. The molecule has 1 heterocycles. The van der Waals surface area contributed by atoms with Gasteiger partial charge in [0.25, 0.3) is 5.91 Å². The molecule has 212 valence electrons. The van der Waals surface area contributed by atoms with Gasteiger partial charge in [-0.1, -0.05) is 78.7 Å². The van der Waals surface area contributed by atoms with Gasteiger partial charge in [-0.15, -0.1) is 0 Å². The first-order valence-corrected chi connectivity index (χ1v) is 14.1. The van der Waals surface area contributed by atoms with Gasteiger partial charge < -0.3 is 14.8 Å². The molecule has 1 unspecified atom stereocenters. The van der Waals surface area contributed by atoms with E-state index in [-0.39, 0.29) is 5.56 Å². The number of esters is 1. The number of rotatable bonds is 9. The first-order chi connectivity index (χ1) is 20.4. The van der Waals surface area contributed by atoms with Gasteiger partial charge in [0.05, 0.1) is 40.3 Å². The lowest BCUT2D eigenvalue weighted by molar-refractivity contribution is -0.124. The summed E-state index contributed by atoms with van der Waals surface area (Å²) in [6, 6.07) is 28.5. The maximum Gasteiger partial charge on any atom is 0.338 e. The summed E-state index contributed by atoms with van der Waals surface area (Å²) < 4.78 is 11.3. The summed E-state index contributed by atoms with van der Waals surface area (Å²) in [7, 11) is 0. The zero-order valence-electron chi connectivity index (χ0n) is 24.2. The highest BCUT2D eigenvalue weighted by molar-refractivity contribution is 5.99. The highest BCUT2D eigenvalue weighted by Crippen LogP contribution is 2.32. The molecule has 42 heavy (non-hydrogen) atoms. The summed E-state index contributed by atoms with van der Waals surface area (Å²) in [6.07, 6.45) is -0.680. The molecule has 0 aliphatic heterocycles. The first kappa shape index (κ1) is 28.5. The normalized spacial score (nSPS) is 11.6. The Balaban J connectivity index is 1.44. The summed E-state index contributed by atoms with van der Waals surface area (Å²) in [4.78, 5) is 36.2. The first-order valence-electron chi connectivity index (χ1n) is 14.1. The van der Waals surface area contributed by atoms with Crippen LogP contribution in [0.4, 0.5) is 5.69 Å². The van der Waals surface area contributed by atoms with Gasteiger partial charge in [0, 0.05) is 11.1 Å². The van der Waals surface area contributed by atoms with Gasteiger partial charge in [-0.25, -0.2) is 14.8 Å². The van der Waals surface area contributed by atoms with Gasteiger partial charge in [-0.05, 0) is 57.5 Å². The number of nitrogens with zero attached hydrogens (tertiary/aromatic N) is 2. The molecule has 0 bridgehead atoms. The van der Waals surface area contributed by atoms with E-state index in [1.165, 1.54) is 0 Å². The van der Waals surface area contributed by atoms with Crippen molar-refractivity contribution in [2.75, 3.05) is 11.9 Å². The Morgan fingerprint density at radius 2 is 1.36 bits per heavy atom. The fourth-order valence-electron chi connectivity index (χ4n) is 4.59. The van der Waals surface area contributed by atoms with Crippen molar-refractivity contribution < 1.29 is 19.1 Å². The van der Waals surface area contributed by atoms with Crippen molar-refractivity contribution in [3.63, 3.8) is 0 Å². The van der Waals surface area contributed by atoms with Crippen LogP contribution in [-0.4, -0.2) is 34.6 Å². The summed E-state index contributed by atoms with van der Waals surface area (Å²) in [5, 5.41) is 2.82. The molecule has 0 fully saturated rings. The number of benzene rings is 4. The number of carbonyl (C=O) groups excluding carboxylic acids is 2. The lowest BCUT2D eigenvalue weighted by Gasteiger charge is -2.18. The van der Waals surface area contributed by atoms with E-state index < -0.39 is 18.0 Å². The maximum absolute atomic E-state index is 13.2. The van der Waals surface area contributed by atoms with E-state index in [1.807, 2.05) is 63.2 Å². The third-order valence-electron chi connectivity index (χ3n) is 6.91. The predicted octanol–water partition coefficient (Wildman–Crippen LogP) is 7.55. The van der Waals surface area contributed by atoms with Crippen LogP contribution in [0.25, 0.3) is 33.5 Å². The number of anilines is 1. The molecular weight excluding hydrogens is 526 g/mol. The van der Waals surface area contributed by atoms with Crippen LogP contribution in [0.5, 0.6) is 5.75 Å². The van der Waals surface area contributed by atoms with Gasteiger partial charge in [0.15, 0.2) is 6.10 Å². The topological polar surface area (TPSA) is 90.4 Å². The molecule has 7 nitrogen and oxygen atoms in total. The minimum Gasteiger partial charge on any atom is -0.492 e. The molecule has 0 aliphatic carbocycles. The largest absolute Gasteiger partial charge is 0.492 e. The molecule has 0 radical (unpaired) electrons. The molecule has 0 aliphatic rings. The Bertz CT molecular complexity index is 1730. The van der Waals surface area contributed by atoms with Crippen LogP contribution < -0.4 is 10.1 Å². The molecule has 5 rings (SSSR count). The number of aryl methyl sites for hydroxylation is 2. The van der Waals surface area contributed by atoms with Crippen molar-refractivity contribution >= 4 is 28.6 Å². The number of nitrogens with one attached hydrogen (secondary N) is 1. The molecular formula is C35H33N3O4. The van der Waals surface area contributed by atoms with Crippen LogP contribution >= 0.6 is 0 Å². The fraction of sp³-hybridized carbons (Fsp3) is 0.200. The lowest BCUT2D eigenvalue weighted by Crippen LogP contribution is -2.32. The number of hydrogen-bond acceptors (Lipinski definition) is 6. The second-order valence-corrected chi connectivity index (χ2v) is 10.1.